The molecule has 12 heteroatoms. The van der Waals surface area contributed by atoms with E-state index in [1.807, 2.05) is 45.5 Å². The minimum absolute atomic E-state index is 1.10. The van der Waals surface area contributed by atoms with Gasteiger partial charge in [-0.3, -0.25) is 0 Å². The summed E-state index contributed by atoms with van der Waals surface area (Å²) >= 11 is 7.83. The van der Waals surface area contributed by atoms with Crippen LogP contribution in [0.1, 0.15) is 0 Å². The van der Waals surface area contributed by atoms with E-state index in [4.69, 9.17) is 0 Å². The Bertz CT molecular complexity index is 332. The molecule has 0 aliphatic carbocycles. The first-order valence-electron chi connectivity index (χ1n) is 5.34. The molecule has 0 aromatic carbocycles. The Morgan fingerprint density at radius 2 is 1.89 bits per heavy atom. The fraction of sp³-hybridized carbons (Fsp3) is 0.667. The summed E-state index contributed by atoms with van der Waals surface area (Å²) in [6, 6.07) is 0. The van der Waals surface area contributed by atoms with Crippen LogP contribution in [0.4, 0.5) is 0 Å². The molecule has 2 spiro atoms. The molecule has 5 nitrogen and oxygen atoms in total. The second-order valence-corrected chi connectivity index (χ2v) is 23.0. The van der Waals surface area contributed by atoms with Gasteiger partial charge in [0.1, 0.15) is 11.4 Å². The third-order valence-electron chi connectivity index (χ3n) is 2.61. The molecule has 3 heterocycles. The molecule has 2 unspecified atom stereocenters. The average molecular weight is 380 g/mol. The third-order valence-corrected chi connectivity index (χ3v) is 28.2. The van der Waals surface area contributed by atoms with E-state index >= 15 is 0 Å². The molecule has 0 saturated carbocycles. The highest BCUT2D eigenvalue weighted by Gasteiger charge is 2.74. The zero-order valence-electron chi connectivity index (χ0n) is 10.0. The van der Waals surface area contributed by atoms with Gasteiger partial charge < -0.3 is 0 Å². The lowest BCUT2D eigenvalue weighted by Crippen LogP contribution is -2.44. The van der Waals surface area contributed by atoms with Gasteiger partial charge in [-0.25, -0.2) is 5.09 Å². The van der Waals surface area contributed by atoms with E-state index in [0.29, 0.717) is 0 Å². The van der Waals surface area contributed by atoms with Gasteiger partial charge in [-0.05, 0) is 0 Å². The minimum Gasteiger partial charge on any atom is -0.221 e. The van der Waals surface area contributed by atoms with Crippen LogP contribution in [-0.2, 0) is 0 Å². The standard InChI is InChI=1S/C6H17N5P3S4/c1-15-14(16-2)10-12(7-3-5-17-12)9-13(11-14)8-4-6-18-13/h3,5,7-11H,4,6H2,1-2H3/q+3. The Hall–Kier alpha value is 2.07. The largest absolute Gasteiger partial charge is 0.385 e. The van der Waals surface area contributed by atoms with Crippen LogP contribution in [0.25, 0.3) is 0 Å². The fourth-order valence-electron chi connectivity index (χ4n) is 1.83. The molecule has 0 bridgehead atoms. The van der Waals surface area contributed by atoms with Gasteiger partial charge in [-0.2, -0.15) is 0 Å². The molecule has 2 atom stereocenters. The normalized spacial score (nSPS) is 41.7. The Morgan fingerprint density at radius 3 is 2.44 bits per heavy atom. The SMILES string of the molecule is CS[P+]1(SC)N[P+]2(NC=CS2)N[P+]2(NCCS2)N1. The number of hydrogen-bond donors (Lipinski definition) is 5. The summed E-state index contributed by atoms with van der Waals surface area (Å²) in [6.07, 6.45) is 6.48. The first-order chi connectivity index (χ1) is 8.66. The van der Waals surface area contributed by atoms with E-state index < -0.39 is 19.8 Å². The van der Waals surface area contributed by atoms with Crippen LogP contribution in [0.2, 0.25) is 0 Å². The van der Waals surface area contributed by atoms with Gasteiger partial charge in [0.2, 0.25) is 0 Å². The van der Waals surface area contributed by atoms with Crippen LogP contribution in [0.3, 0.4) is 0 Å². The average Bonchev–Trinajstić information content (AvgIpc) is 2.99. The van der Waals surface area contributed by atoms with E-state index in [2.05, 4.69) is 48.9 Å². The highest BCUT2D eigenvalue weighted by Crippen LogP contribution is 2.91. The van der Waals surface area contributed by atoms with Gasteiger partial charge in [0.25, 0.3) is 0 Å². The maximum atomic E-state index is 3.92. The van der Waals surface area contributed by atoms with Crippen molar-refractivity contribution in [1.82, 2.24) is 24.7 Å². The summed E-state index contributed by atoms with van der Waals surface area (Å²) in [4.78, 5) is 11.7. The van der Waals surface area contributed by atoms with Crippen molar-refractivity contribution < 1.29 is 0 Å². The van der Waals surface area contributed by atoms with Gasteiger partial charge in [-0.1, -0.05) is 0 Å². The molecule has 2 saturated heterocycles. The summed E-state index contributed by atoms with van der Waals surface area (Å²) in [5.41, 5.74) is 0. The van der Waals surface area contributed by atoms with E-state index in [1.54, 1.807) is 0 Å². The summed E-state index contributed by atoms with van der Waals surface area (Å²) < 4.78 is 0. The highest BCUT2D eigenvalue weighted by molar-refractivity contribution is 8.96. The van der Waals surface area contributed by atoms with E-state index in [-0.39, 0.29) is 0 Å². The first kappa shape index (κ1) is 15.0. The fourth-order valence-corrected chi connectivity index (χ4v) is 33.8. The van der Waals surface area contributed by atoms with Crippen molar-refractivity contribution in [3.8, 4) is 0 Å². The lowest BCUT2D eigenvalue weighted by Gasteiger charge is -2.34. The summed E-state index contributed by atoms with van der Waals surface area (Å²) in [6.45, 7) is -1.92. The Balaban J connectivity index is 1.90. The first-order valence-corrected chi connectivity index (χ1v) is 17.4. The molecule has 3 rings (SSSR count). The topological polar surface area (TPSA) is 60.1 Å². The molecular weight excluding hydrogens is 363 g/mol. The van der Waals surface area contributed by atoms with Crippen molar-refractivity contribution in [3.05, 3.63) is 11.6 Å². The molecule has 0 aromatic rings. The number of nitrogens with one attached hydrogen (secondary N) is 5. The summed E-state index contributed by atoms with van der Waals surface area (Å²) in [5.74, 6) is -0.229. The van der Waals surface area contributed by atoms with Crippen LogP contribution in [0.5, 0.6) is 0 Å². The number of hydrogen-bond acceptors (Lipinski definition) is 9. The molecule has 3 aliphatic rings. The lowest BCUT2D eigenvalue weighted by atomic mass is 10.8. The molecular formula is C6H17N5P3S4+3. The second kappa shape index (κ2) is 5.69. The summed E-state index contributed by atoms with van der Waals surface area (Å²) in [7, 11) is 0. The van der Waals surface area contributed by atoms with E-state index in [0.717, 1.165) is 6.54 Å². The van der Waals surface area contributed by atoms with Crippen molar-refractivity contribution in [2.24, 2.45) is 0 Å². The highest BCUT2D eigenvalue weighted by atomic mass is 33.1. The molecule has 3 aliphatic heterocycles. The zero-order valence-corrected chi connectivity index (χ0v) is 16.0. The van der Waals surface area contributed by atoms with Crippen LogP contribution in [-0.4, -0.2) is 24.8 Å². The predicted molar refractivity (Wildman–Crippen MR) is 97.5 cm³/mol. The van der Waals surface area contributed by atoms with Gasteiger partial charge >= 0.3 is 19.8 Å². The molecule has 5 N–H and O–H groups in total. The zero-order chi connectivity index (χ0) is 12.7. The van der Waals surface area contributed by atoms with Gasteiger partial charge in [0, 0.05) is 45.2 Å². The summed E-state index contributed by atoms with van der Waals surface area (Å²) in [5, 5.41) is 9.42. The van der Waals surface area contributed by atoms with Crippen LogP contribution in [0, 0.1) is 0 Å². The minimum atomic E-state index is -1.54. The molecule has 102 valence electrons. The molecule has 0 amide bonds. The maximum absolute atomic E-state index is 3.92. The quantitative estimate of drug-likeness (QED) is 0.462. The Labute approximate surface area is 126 Å². The Kier molecular flexibility index (Phi) is 4.74. The molecule has 18 heavy (non-hydrogen) atoms. The van der Waals surface area contributed by atoms with Crippen molar-refractivity contribution in [2.75, 3.05) is 24.8 Å². The smallest absolute Gasteiger partial charge is 0.221 e. The van der Waals surface area contributed by atoms with Gasteiger partial charge in [0.05, 0.1) is 39.9 Å². The van der Waals surface area contributed by atoms with Crippen LogP contribution < -0.4 is 24.7 Å². The molecule has 0 radical (unpaired) electrons. The Morgan fingerprint density at radius 1 is 1.11 bits per heavy atom. The van der Waals surface area contributed by atoms with Crippen molar-refractivity contribution >= 4 is 65.3 Å². The maximum Gasteiger partial charge on any atom is 0.385 e. The van der Waals surface area contributed by atoms with E-state index in [9.17, 15) is 0 Å². The molecule has 2 fully saturated rings. The van der Waals surface area contributed by atoms with Crippen LogP contribution >= 0.6 is 65.3 Å². The van der Waals surface area contributed by atoms with Crippen molar-refractivity contribution in [3.63, 3.8) is 0 Å². The number of rotatable bonds is 2. The van der Waals surface area contributed by atoms with Crippen molar-refractivity contribution in [2.45, 2.75) is 0 Å². The monoisotopic (exact) mass is 380 g/mol. The second-order valence-electron chi connectivity index (χ2n) is 3.71. The van der Waals surface area contributed by atoms with Gasteiger partial charge in [-0.15, -0.1) is 5.09 Å². The predicted octanol–water partition coefficient (Wildman–Crippen LogP) is 3.67. The van der Waals surface area contributed by atoms with Crippen LogP contribution in [0.15, 0.2) is 11.6 Å². The molecule has 0 aromatic heterocycles. The van der Waals surface area contributed by atoms with Gasteiger partial charge in [0.15, 0.2) is 0 Å². The lowest BCUT2D eigenvalue weighted by molar-refractivity contribution is 1.02. The van der Waals surface area contributed by atoms with Crippen molar-refractivity contribution in [1.29, 1.82) is 0 Å². The third kappa shape index (κ3) is 2.71. The van der Waals surface area contributed by atoms with E-state index in [1.165, 1.54) is 5.75 Å².